The second-order valence-electron chi connectivity index (χ2n) is 9.61. The van der Waals surface area contributed by atoms with E-state index in [9.17, 15) is 4.79 Å². The molecular weight excluding hydrogens is 466 g/mol. The summed E-state index contributed by atoms with van der Waals surface area (Å²) in [5.74, 6) is 2.15. The summed E-state index contributed by atoms with van der Waals surface area (Å²) in [7, 11) is 7.33. The van der Waals surface area contributed by atoms with Crippen LogP contribution in [0.4, 0.5) is 11.4 Å². The lowest BCUT2D eigenvalue weighted by atomic mass is 9.99. The van der Waals surface area contributed by atoms with Gasteiger partial charge in [-0.25, -0.2) is 4.98 Å². The van der Waals surface area contributed by atoms with Crippen LogP contribution in [0.5, 0.6) is 11.5 Å². The maximum absolute atomic E-state index is 13.7. The second kappa shape index (κ2) is 10.1. The molecule has 1 aliphatic rings. The number of hydrogen-bond acceptors (Lipinski definition) is 7. The molecule has 1 aliphatic heterocycles. The number of ether oxygens (including phenoxy) is 2. The maximum Gasteiger partial charge on any atom is 0.261 e. The van der Waals surface area contributed by atoms with E-state index in [1.165, 1.54) is 11.1 Å². The van der Waals surface area contributed by atoms with E-state index in [2.05, 4.69) is 17.0 Å². The number of rotatable bonds is 7. The maximum atomic E-state index is 13.7. The molecule has 0 radical (unpaired) electrons. The average molecular weight is 500 g/mol. The fraction of sp³-hybridized carbons (Fsp3) is 0.310. The molecule has 0 fully saturated rings. The number of hydrogen-bond donors (Lipinski definition) is 1. The first-order valence-corrected chi connectivity index (χ1v) is 12.4. The fourth-order valence-electron chi connectivity index (χ4n) is 4.95. The number of methoxy groups -OCH3 is 2. The van der Waals surface area contributed by atoms with Crippen molar-refractivity contribution in [1.82, 2.24) is 14.5 Å². The third-order valence-electron chi connectivity index (χ3n) is 7.06. The lowest BCUT2D eigenvalue weighted by Crippen LogP contribution is -2.35. The van der Waals surface area contributed by atoms with Crippen LogP contribution in [-0.4, -0.2) is 55.9 Å². The van der Waals surface area contributed by atoms with Crippen LogP contribution in [0.2, 0.25) is 0 Å². The zero-order chi connectivity index (χ0) is 26.1. The van der Waals surface area contributed by atoms with Gasteiger partial charge >= 0.3 is 0 Å². The first kappa shape index (κ1) is 24.6. The minimum Gasteiger partial charge on any atom is -0.493 e. The molecule has 37 heavy (non-hydrogen) atoms. The predicted octanol–water partition coefficient (Wildman–Crippen LogP) is 3.79. The Morgan fingerprint density at radius 1 is 0.946 bits per heavy atom. The Morgan fingerprint density at radius 3 is 2.32 bits per heavy atom. The number of aromatic nitrogens is 2. The Morgan fingerprint density at radius 2 is 1.65 bits per heavy atom. The minimum absolute atomic E-state index is 0.0551. The van der Waals surface area contributed by atoms with Gasteiger partial charge in [0.05, 0.1) is 25.1 Å². The van der Waals surface area contributed by atoms with Crippen LogP contribution >= 0.6 is 0 Å². The molecule has 0 bridgehead atoms. The Hall–Kier alpha value is -4.04. The van der Waals surface area contributed by atoms with E-state index < -0.39 is 0 Å². The molecule has 5 rings (SSSR count). The van der Waals surface area contributed by atoms with Crippen molar-refractivity contribution in [3.63, 3.8) is 0 Å². The molecule has 2 heterocycles. The van der Waals surface area contributed by atoms with Gasteiger partial charge in [-0.2, -0.15) is 0 Å². The fourth-order valence-corrected chi connectivity index (χ4v) is 4.95. The summed E-state index contributed by atoms with van der Waals surface area (Å²) < 4.78 is 12.8. The SMILES string of the molecule is COc1cc2c(cc1OC)CN(CCn1c(-c3ccc(N(C)C)cc3)nc3cc(N)ccc3c1=O)CC2. The normalized spacial score (nSPS) is 13.4. The average Bonchev–Trinajstić information content (AvgIpc) is 2.91. The number of fused-ring (bicyclic) bond motifs is 2. The summed E-state index contributed by atoms with van der Waals surface area (Å²) in [6.07, 6.45) is 0.915. The summed E-state index contributed by atoms with van der Waals surface area (Å²) in [5.41, 5.74) is 11.6. The van der Waals surface area contributed by atoms with E-state index in [1.807, 2.05) is 43.3 Å². The number of benzene rings is 3. The molecule has 4 aromatic rings. The molecule has 8 heteroatoms. The van der Waals surface area contributed by atoms with Crippen LogP contribution in [0.15, 0.2) is 59.4 Å². The molecule has 0 amide bonds. The van der Waals surface area contributed by atoms with Crippen molar-refractivity contribution in [2.75, 3.05) is 52.0 Å². The summed E-state index contributed by atoms with van der Waals surface area (Å²) in [5, 5.41) is 0.573. The Balaban J connectivity index is 1.47. The van der Waals surface area contributed by atoms with Crippen molar-refractivity contribution in [2.24, 2.45) is 0 Å². The van der Waals surface area contributed by atoms with E-state index in [1.54, 1.807) is 37.0 Å². The van der Waals surface area contributed by atoms with E-state index in [0.29, 0.717) is 29.0 Å². The highest BCUT2D eigenvalue weighted by atomic mass is 16.5. The zero-order valence-corrected chi connectivity index (χ0v) is 21.8. The Kier molecular flexibility index (Phi) is 6.76. The van der Waals surface area contributed by atoms with Crippen molar-refractivity contribution in [3.8, 4) is 22.9 Å². The van der Waals surface area contributed by atoms with Gasteiger partial charge in [-0.15, -0.1) is 0 Å². The van der Waals surface area contributed by atoms with Crippen molar-refractivity contribution in [1.29, 1.82) is 0 Å². The quantitative estimate of drug-likeness (QED) is 0.387. The molecule has 0 aliphatic carbocycles. The summed E-state index contributed by atoms with van der Waals surface area (Å²) >= 11 is 0. The summed E-state index contributed by atoms with van der Waals surface area (Å²) in [4.78, 5) is 23.0. The highest BCUT2D eigenvalue weighted by Gasteiger charge is 2.21. The van der Waals surface area contributed by atoms with Crippen LogP contribution < -0.4 is 25.7 Å². The van der Waals surface area contributed by atoms with Gasteiger partial charge in [-0.05, 0) is 72.1 Å². The van der Waals surface area contributed by atoms with Crippen molar-refractivity contribution < 1.29 is 9.47 Å². The number of nitrogens with two attached hydrogens (primary N) is 1. The van der Waals surface area contributed by atoms with Crippen molar-refractivity contribution in [3.05, 3.63) is 76.1 Å². The summed E-state index contributed by atoms with van der Waals surface area (Å²) in [6, 6.07) is 17.5. The van der Waals surface area contributed by atoms with Gasteiger partial charge in [0.25, 0.3) is 5.56 Å². The molecule has 0 saturated heterocycles. The molecule has 0 spiro atoms. The monoisotopic (exact) mass is 499 g/mol. The largest absolute Gasteiger partial charge is 0.493 e. The molecule has 192 valence electrons. The molecule has 2 N–H and O–H groups in total. The topological polar surface area (TPSA) is 85.8 Å². The van der Waals surface area contributed by atoms with Crippen LogP contribution in [0.1, 0.15) is 11.1 Å². The van der Waals surface area contributed by atoms with Gasteiger partial charge in [0, 0.05) is 57.2 Å². The highest BCUT2D eigenvalue weighted by molar-refractivity contribution is 5.82. The number of nitrogen functional groups attached to an aromatic ring is 1. The van der Waals surface area contributed by atoms with Gasteiger partial charge in [0.2, 0.25) is 0 Å². The Labute approximate surface area is 216 Å². The number of anilines is 2. The third kappa shape index (κ3) is 4.84. The molecule has 8 nitrogen and oxygen atoms in total. The standard InChI is InChI=1S/C29H33N5O3/c1-32(2)23-8-5-19(6-9-23)28-31-25-17-22(30)7-10-24(25)29(35)34(28)14-13-33-12-11-20-15-26(36-3)27(37-4)16-21(20)18-33/h5-10,15-17H,11-14,18,30H2,1-4H3. The van der Waals surface area contributed by atoms with Crippen LogP contribution in [0, 0.1) is 0 Å². The smallest absolute Gasteiger partial charge is 0.261 e. The van der Waals surface area contributed by atoms with Gasteiger partial charge < -0.3 is 20.1 Å². The third-order valence-corrected chi connectivity index (χ3v) is 7.06. The van der Waals surface area contributed by atoms with E-state index >= 15 is 0 Å². The number of nitrogens with zero attached hydrogens (tertiary/aromatic N) is 4. The van der Waals surface area contributed by atoms with Crippen LogP contribution in [-0.2, 0) is 19.5 Å². The summed E-state index contributed by atoms with van der Waals surface area (Å²) in [6.45, 7) is 2.94. The van der Waals surface area contributed by atoms with Crippen molar-refractivity contribution in [2.45, 2.75) is 19.5 Å². The lowest BCUT2D eigenvalue weighted by molar-refractivity contribution is 0.242. The van der Waals surface area contributed by atoms with Gasteiger partial charge in [0.15, 0.2) is 11.5 Å². The molecule has 0 unspecified atom stereocenters. The zero-order valence-electron chi connectivity index (χ0n) is 21.8. The predicted molar refractivity (Wildman–Crippen MR) is 149 cm³/mol. The molecule has 0 atom stereocenters. The van der Waals surface area contributed by atoms with E-state index in [-0.39, 0.29) is 5.56 Å². The van der Waals surface area contributed by atoms with Crippen LogP contribution in [0.3, 0.4) is 0 Å². The highest BCUT2D eigenvalue weighted by Crippen LogP contribution is 2.33. The van der Waals surface area contributed by atoms with E-state index in [4.69, 9.17) is 20.2 Å². The molecule has 3 aromatic carbocycles. The Bertz CT molecular complexity index is 1490. The van der Waals surface area contributed by atoms with Crippen LogP contribution in [0.25, 0.3) is 22.3 Å². The first-order valence-electron chi connectivity index (χ1n) is 12.4. The molecule has 0 saturated carbocycles. The lowest BCUT2D eigenvalue weighted by Gasteiger charge is -2.30. The van der Waals surface area contributed by atoms with E-state index in [0.717, 1.165) is 48.8 Å². The molecule has 1 aromatic heterocycles. The first-order chi connectivity index (χ1) is 17.9. The second-order valence-corrected chi connectivity index (χ2v) is 9.61. The van der Waals surface area contributed by atoms with Gasteiger partial charge in [-0.1, -0.05) is 0 Å². The molecular formula is C29H33N5O3. The minimum atomic E-state index is -0.0551. The van der Waals surface area contributed by atoms with Gasteiger partial charge in [0.1, 0.15) is 5.82 Å². The van der Waals surface area contributed by atoms with Gasteiger partial charge in [-0.3, -0.25) is 14.3 Å². The van der Waals surface area contributed by atoms with Crippen molar-refractivity contribution >= 4 is 22.3 Å².